The van der Waals surface area contributed by atoms with Crippen molar-refractivity contribution in [3.63, 3.8) is 0 Å². The lowest BCUT2D eigenvalue weighted by Gasteiger charge is -2.11. The van der Waals surface area contributed by atoms with Gasteiger partial charge in [-0.25, -0.2) is 13.8 Å². The number of nitrogens with zero attached hydrogens (tertiary/aromatic N) is 1. The lowest BCUT2D eigenvalue weighted by Crippen LogP contribution is -2.02. The Kier molecular flexibility index (Phi) is 3.60. The number of hydrogen-bond acceptors (Lipinski definition) is 3. The highest BCUT2D eigenvalue weighted by Gasteiger charge is 2.21. The Labute approximate surface area is 84.3 Å². The molecule has 0 spiro atoms. The van der Waals surface area contributed by atoms with Gasteiger partial charge in [-0.1, -0.05) is 11.6 Å². The summed E-state index contributed by atoms with van der Waals surface area (Å²) in [5, 5.41) is 8.72. The highest BCUT2D eigenvalue weighted by Crippen LogP contribution is 2.33. The Morgan fingerprint density at radius 3 is 2.71 bits per heavy atom. The molecule has 78 valence electrons. The van der Waals surface area contributed by atoms with Gasteiger partial charge in [0.1, 0.15) is 0 Å². The van der Waals surface area contributed by atoms with E-state index >= 15 is 0 Å². The van der Waals surface area contributed by atoms with E-state index in [0.717, 1.165) is 6.20 Å². The first-order valence-corrected chi connectivity index (χ1v) is 4.09. The maximum Gasteiger partial charge on any atom is 0.265 e. The van der Waals surface area contributed by atoms with Crippen molar-refractivity contribution in [3.8, 4) is 5.88 Å². The fourth-order valence-corrected chi connectivity index (χ4v) is 1.33. The molecule has 0 atom stereocenters. The minimum atomic E-state index is -2.76. The molecule has 0 amide bonds. The number of aliphatic hydroxyl groups is 1. The van der Waals surface area contributed by atoms with Crippen LogP contribution in [0, 0.1) is 0 Å². The Morgan fingerprint density at radius 1 is 1.64 bits per heavy atom. The third-order valence-corrected chi connectivity index (χ3v) is 2.01. The summed E-state index contributed by atoms with van der Waals surface area (Å²) in [7, 11) is 1.28. The highest BCUT2D eigenvalue weighted by molar-refractivity contribution is 6.31. The first-order valence-electron chi connectivity index (χ1n) is 3.72. The minimum absolute atomic E-state index is 0.0350. The third-order valence-electron chi connectivity index (χ3n) is 1.71. The van der Waals surface area contributed by atoms with E-state index < -0.39 is 18.6 Å². The van der Waals surface area contributed by atoms with E-state index in [-0.39, 0.29) is 16.5 Å². The topological polar surface area (TPSA) is 42.4 Å². The predicted molar refractivity (Wildman–Crippen MR) is 46.7 cm³/mol. The SMILES string of the molecule is COc1ncc(Cl)c(C(F)F)c1CO. The molecule has 14 heavy (non-hydrogen) atoms. The number of alkyl halides is 2. The molecule has 3 nitrogen and oxygen atoms in total. The summed E-state index contributed by atoms with van der Waals surface area (Å²) in [6.45, 7) is -0.587. The first-order chi connectivity index (χ1) is 6.61. The number of pyridine rings is 1. The zero-order chi connectivity index (χ0) is 10.7. The van der Waals surface area contributed by atoms with Gasteiger partial charge in [-0.05, 0) is 0 Å². The van der Waals surface area contributed by atoms with Crippen molar-refractivity contribution in [2.75, 3.05) is 7.11 Å². The molecule has 0 aliphatic rings. The van der Waals surface area contributed by atoms with Gasteiger partial charge in [0.25, 0.3) is 6.43 Å². The maximum absolute atomic E-state index is 12.5. The molecule has 6 heteroatoms. The zero-order valence-electron chi connectivity index (χ0n) is 7.30. The Bertz CT molecular complexity index is 333. The summed E-state index contributed by atoms with van der Waals surface area (Å²) < 4.78 is 29.7. The van der Waals surface area contributed by atoms with Crippen LogP contribution in [0.4, 0.5) is 8.78 Å². The molecule has 1 N–H and O–H groups in total. The largest absolute Gasteiger partial charge is 0.481 e. The van der Waals surface area contributed by atoms with E-state index in [4.69, 9.17) is 21.4 Å². The molecule has 0 unspecified atom stereocenters. The van der Waals surface area contributed by atoms with Crippen molar-refractivity contribution in [3.05, 3.63) is 22.3 Å². The maximum atomic E-state index is 12.5. The second-order valence-electron chi connectivity index (χ2n) is 2.47. The van der Waals surface area contributed by atoms with Crippen LogP contribution in [-0.4, -0.2) is 17.2 Å². The molecule has 0 aromatic carbocycles. The number of ether oxygens (including phenoxy) is 1. The van der Waals surface area contributed by atoms with Gasteiger partial charge in [0.2, 0.25) is 5.88 Å². The van der Waals surface area contributed by atoms with Crippen LogP contribution in [0.25, 0.3) is 0 Å². The highest BCUT2D eigenvalue weighted by atomic mass is 35.5. The van der Waals surface area contributed by atoms with Crippen molar-refractivity contribution in [1.82, 2.24) is 4.98 Å². The summed E-state index contributed by atoms with van der Waals surface area (Å²) in [6.07, 6.45) is -1.69. The Hall–Kier alpha value is -0.940. The second-order valence-corrected chi connectivity index (χ2v) is 2.87. The lowest BCUT2D eigenvalue weighted by atomic mass is 10.1. The average molecular weight is 224 g/mol. The van der Waals surface area contributed by atoms with Gasteiger partial charge in [-0.15, -0.1) is 0 Å². The van der Waals surface area contributed by atoms with Crippen LogP contribution in [0.1, 0.15) is 17.6 Å². The molecule has 1 heterocycles. The molecule has 0 aliphatic carbocycles. The van der Waals surface area contributed by atoms with Crippen molar-refractivity contribution in [1.29, 1.82) is 0 Å². The summed E-state index contributed by atoms with van der Waals surface area (Å²) in [5.41, 5.74) is -0.504. The van der Waals surface area contributed by atoms with Gasteiger partial charge in [-0.2, -0.15) is 0 Å². The van der Waals surface area contributed by atoms with E-state index in [1.807, 2.05) is 0 Å². The quantitative estimate of drug-likeness (QED) is 0.854. The summed E-state index contributed by atoms with van der Waals surface area (Å²) in [4.78, 5) is 3.66. The minimum Gasteiger partial charge on any atom is -0.481 e. The number of rotatable bonds is 3. The van der Waals surface area contributed by atoms with Gasteiger partial charge in [0.05, 0.1) is 24.9 Å². The van der Waals surface area contributed by atoms with E-state index in [1.54, 1.807) is 0 Å². The van der Waals surface area contributed by atoms with Gasteiger partial charge >= 0.3 is 0 Å². The molecule has 1 rings (SSSR count). The van der Waals surface area contributed by atoms with Crippen LogP contribution in [-0.2, 0) is 6.61 Å². The van der Waals surface area contributed by atoms with Gasteiger partial charge < -0.3 is 9.84 Å². The number of methoxy groups -OCH3 is 1. The first kappa shape index (κ1) is 11.1. The Balaban J connectivity index is 3.35. The van der Waals surface area contributed by atoms with Crippen molar-refractivity contribution in [2.24, 2.45) is 0 Å². The van der Waals surface area contributed by atoms with Crippen LogP contribution >= 0.6 is 11.6 Å². The van der Waals surface area contributed by atoms with Crippen LogP contribution < -0.4 is 4.74 Å². The molecule has 1 aromatic rings. The number of aliphatic hydroxyl groups excluding tert-OH is 1. The molecule has 0 radical (unpaired) electrons. The van der Waals surface area contributed by atoms with E-state index in [0.29, 0.717) is 0 Å². The smallest absolute Gasteiger partial charge is 0.265 e. The van der Waals surface area contributed by atoms with Crippen molar-refractivity contribution in [2.45, 2.75) is 13.0 Å². The van der Waals surface area contributed by atoms with Crippen molar-refractivity contribution < 1.29 is 18.6 Å². The normalized spacial score (nSPS) is 10.7. The van der Waals surface area contributed by atoms with E-state index in [1.165, 1.54) is 7.11 Å². The lowest BCUT2D eigenvalue weighted by molar-refractivity contribution is 0.146. The standard InChI is InChI=1S/C8H8ClF2NO2/c1-14-8-4(3-13)6(7(10)11)5(9)2-12-8/h2,7,13H,3H2,1H3. The second kappa shape index (κ2) is 4.52. The molecule has 0 bridgehead atoms. The predicted octanol–water partition coefficient (Wildman–Crippen LogP) is 2.17. The Morgan fingerprint density at radius 2 is 2.29 bits per heavy atom. The average Bonchev–Trinajstić information content (AvgIpc) is 2.16. The summed E-state index contributed by atoms with van der Waals surface area (Å²) in [5.74, 6) is -0.0350. The fourth-order valence-electron chi connectivity index (χ4n) is 1.09. The molecule has 0 saturated heterocycles. The molecular formula is C8H8ClF2NO2. The van der Waals surface area contributed by atoms with Crippen LogP contribution in [0.5, 0.6) is 5.88 Å². The van der Waals surface area contributed by atoms with Gasteiger partial charge in [-0.3, -0.25) is 0 Å². The monoisotopic (exact) mass is 223 g/mol. The van der Waals surface area contributed by atoms with E-state index in [9.17, 15) is 8.78 Å². The summed E-state index contributed by atoms with van der Waals surface area (Å²) >= 11 is 5.52. The molecule has 0 fully saturated rings. The van der Waals surface area contributed by atoms with Gasteiger partial charge in [0.15, 0.2) is 0 Å². The van der Waals surface area contributed by atoms with Crippen LogP contribution in [0.2, 0.25) is 5.02 Å². The summed E-state index contributed by atoms with van der Waals surface area (Å²) in [6, 6.07) is 0. The molecule has 1 aromatic heterocycles. The zero-order valence-corrected chi connectivity index (χ0v) is 8.05. The van der Waals surface area contributed by atoms with Crippen molar-refractivity contribution >= 4 is 11.6 Å². The number of aromatic nitrogens is 1. The van der Waals surface area contributed by atoms with Gasteiger partial charge in [0, 0.05) is 11.1 Å². The number of halogens is 3. The fraction of sp³-hybridized carbons (Fsp3) is 0.375. The van der Waals surface area contributed by atoms with Crippen LogP contribution in [0.15, 0.2) is 6.20 Å². The third kappa shape index (κ3) is 1.93. The van der Waals surface area contributed by atoms with Crippen LogP contribution in [0.3, 0.4) is 0 Å². The number of hydrogen-bond donors (Lipinski definition) is 1. The molecular weight excluding hydrogens is 216 g/mol. The molecule has 0 aliphatic heterocycles. The van der Waals surface area contributed by atoms with E-state index in [2.05, 4.69) is 4.98 Å². The molecule has 0 saturated carbocycles.